The highest BCUT2D eigenvalue weighted by Crippen LogP contribution is 2.43. The molecule has 0 saturated carbocycles. The van der Waals surface area contributed by atoms with Gasteiger partial charge in [0.05, 0.1) is 27.8 Å². The lowest BCUT2D eigenvalue weighted by atomic mass is 9.87. The van der Waals surface area contributed by atoms with Gasteiger partial charge < -0.3 is 5.32 Å². The van der Waals surface area contributed by atoms with E-state index in [2.05, 4.69) is 133 Å². The van der Waals surface area contributed by atoms with Gasteiger partial charge in [-0.1, -0.05) is 109 Å². The van der Waals surface area contributed by atoms with Crippen LogP contribution in [0.1, 0.15) is 11.1 Å². The topological polar surface area (TPSA) is 50.7 Å². The molecule has 0 bridgehead atoms. The molecule has 4 heteroatoms. The molecular weight excluding hydrogens is 609 g/mol. The van der Waals surface area contributed by atoms with E-state index in [1.54, 1.807) is 0 Å². The number of nitrogens with one attached hydrogen (secondary N) is 1. The van der Waals surface area contributed by atoms with Crippen molar-refractivity contribution in [1.82, 2.24) is 15.0 Å². The van der Waals surface area contributed by atoms with E-state index in [0.29, 0.717) is 0 Å². The second-order valence-electron chi connectivity index (χ2n) is 13.2. The van der Waals surface area contributed by atoms with Gasteiger partial charge in [-0.15, -0.1) is 0 Å². The molecule has 10 aromatic rings. The Bertz CT molecular complexity index is 3080. The normalized spacial score (nSPS) is 13.0. The zero-order valence-electron chi connectivity index (χ0n) is 27.0. The van der Waals surface area contributed by atoms with E-state index >= 15 is 0 Å². The molecule has 0 fully saturated rings. The molecule has 7 aromatic carbocycles. The van der Waals surface area contributed by atoms with Gasteiger partial charge >= 0.3 is 0 Å². The first-order valence-corrected chi connectivity index (χ1v) is 17.1. The summed E-state index contributed by atoms with van der Waals surface area (Å²) in [5, 5.41) is 15.6. The van der Waals surface area contributed by atoms with Crippen LogP contribution in [0.2, 0.25) is 0 Å². The van der Waals surface area contributed by atoms with Crippen LogP contribution in [0.15, 0.2) is 152 Å². The van der Waals surface area contributed by atoms with Crippen molar-refractivity contribution in [1.29, 1.82) is 0 Å². The molecule has 0 aliphatic carbocycles. The standard InChI is InChI=1S/C46H28N4/c1-2-10-33-32(9-1)39-25-29(31-21-24-49-45-36(31)19-13-27-7-5-22-47-43(27)45)15-17-34(39)35-18-16-30(26-40(33)35)42-37-11-3-4-12-41(37)50-46-38(42)20-14-28-8-6-23-48-44(28)46/h1-23,25-26,49H,24H2. The fraction of sp³-hybridized carbons (Fsp3) is 0.0217. The number of fused-ring (bicyclic) bond motifs is 13. The van der Waals surface area contributed by atoms with Gasteiger partial charge in [-0.05, 0) is 79.3 Å². The highest BCUT2D eigenvalue weighted by molar-refractivity contribution is 6.27. The lowest BCUT2D eigenvalue weighted by Crippen LogP contribution is -2.09. The first kappa shape index (κ1) is 27.3. The smallest absolute Gasteiger partial charge is 0.0978 e. The molecule has 3 aromatic heterocycles. The Balaban J connectivity index is 1.15. The maximum absolute atomic E-state index is 5.15. The van der Waals surface area contributed by atoms with E-state index in [4.69, 9.17) is 15.0 Å². The van der Waals surface area contributed by atoms with Crippen molar-refractivity contribution in [3.8, 4) is 11.1 Å². The first-order chi connectivity index (χ1) is 24.8. The van der Waals surface area contributed by atoms with Crippen molar-refractivity contribution >= 4 is 87.2 Å². The Kier molecular flexibility index (Phi) is 5.69. The summed E-state index contributed by atoms with van der Waals surface area (Å²) in [6.07, 6.45) is 6.03. The fourth-order valence-corrected chi connectivity index (χ4v) is 8.27. The summed E-state index contributed by atoms with van der Waals surface area (Å²) in [5.74, 6) is 0. The van der Waals surface area contributed by atoms with Gasteiger partial charge in [0.25, 0.3) is 0 Å². The Morgan fingerprint density at radius 3 is 1.88 bits per heavy atom. The Hall–Kier alpha value is -6.65. The fourth-order valence-electron chi connectivity index (χ4n) is 8.27. The second kappa shape index (κ2) is 10.4. The van der Waals surface area contributed by atoms with Crippen molar-refractivity contribution in [2.75, 3.05) is 11.9 Å². The minimum Gasteiger partial charge on any atom is -0.379 e. The summed E-state index contributed by atoms with van der Waals surface area (Å²) >= 11 is 0. The average Bonchev–Trinajstić information content (AvgIpc) is 3.19. The maximum Gasteiger partial charge on any atom is 0.0978 e. The Labute approximate surface area is 287 Å². The monoisotopic (exact) mass is 636 g/mol. The van der Waals surface area contributed by atoms with E-state index in [1.807, 2.05) is 24.5 Å². The van der Waals surface area contributed by atoms with Crippen LogP contribution in [-0.2, 0) is 0 Å². The van der Waals surface area contributed by atoms with Crippen LogP contribution in [0.25, 0.3) is 92.6 Å². The number of aromatic nitrogens is 3. The van der Waals surface area contributed by atoms with Crippen molar-refractivity contribution < 1.29 is 0 Å². The van der Waals surface area contributed by atoms with Crippen LogP contribution in [0.4, 0.5) is 5.69 Å². The molecular formula is C46H28N4. The molecule has 0 unspecified atom stereocenters. The zero-order valence-corrected chi connectivity index (χ0v) is 27.0. The molecule has 1 N–H and O–H groups in total. The molecule has 0 saturated heterocycles. The van der Waals surface area contributed by atoms with Gasteiger partial charge in [0.2, 0.25) is 0 Å². The van der Waals surface area contributed by atoms with Gasteiger partial charge in [0.15, 0.2) is 0 Å². The van der Waals surface area contributed by atoms with Crippen LogP contribution in [0.5, 0.6) is 0 Å². The predicted molar refractivity (Wildman–Crippen MR) is 210 cm³/mol. The summed E-state index contributed by atoms with van der Waals surface area (Å²) in [6, 6.07) is 48.3. The minimum absolute atomic E-state index is 0.765. The zero-order chi connectivity index (χ0) is 32.8. The summed E-state index contributed by atoms with van der Waals surface area (Å²) in [7, 11) is 0. The van der Waals surface area contributed by atoms with Crippen LogP contribution in [0, 0.1) is 0 Å². The number of anilines is 1. The minimum atomic E-state index is 0.765. The summed E-state index contributed by atoms with van der Waals surface area (Å²) in [4.78, 5) is 14.6. The molecule has 0 amide bonds. The van der Waals surface area contributed by atoms with E-state index in [1.165, 1.54) is 60.1 Å². The lowest BCUT2D eigenvalue weighted by molar-refractivity contribution is 1.28. The van der Waals surface area contributed by atoms with Gasteiger partial charge in [-0.2, -0.15) is 0 Å². The van der Waals surface area contributed by atoms with Crippen molar-refractivity contribution in [3.05, 3.63) is 163 Å². The number of hydrogen-bond acceptors (Lipinski definition) is 4. The molecule has 0 atom stereocenters. The largest absolute Gasteiger partial charge is 0.379 e. The number of para-hydroxylation sites is 1. The summed E-state index contributed by atoms with van der Waals surface area (Å²) in [6.45, 7) is 0.765. The van der Waals surface area contributed by atoms with Crippen molar-refractivity contribution in [2.24, 2.45) is 0 Å². The molecule has 0 spiro atoms. The van der Waals surface area contributed by atoms with E-state index in [0.717, 1.165) is 55.8 Å². The van der Waals surface area contributed by atoms with Crippen molar-refractivity contribution in [3.63, 3.8) is 0 Å². The van der Waals surface area contributed by atoms with Gasteiger partial charge in [-0.3, -0.25) is 9.97 Å². The number of pyridine rings is 3. The third-order valence-electron chi connectivity index (χ3n) is 10.5. The summed E-state index contributed by atoms with van der Waals surface area (Å²) < 4.78 is 0. The Morgan fingerprint density at radius 1 is 0.460 bits per heavy atom. The lowest BCUT2D eigenvalue weighted by Gasteiger charge is -2.22. The molecule has 50 heavy (non-hydrogen) atoms. The third-order valence-corrected chi connectivity index (χ3v) is 10.5. The molecule has 4 nitrogen and oxygen atoms in total. The number of hydrogen-bond donors (Lipinski definition) is 1. The van der Waals surface area contributed by atoms with E-state index < -0.39 is 0 Å². The Morgan fingerprint density at radius 2 is 1.08 bits per heavy atom. The third kappa shape index (κ3) is 3.90. The van der Waals surface area contributed by atoms with Gasteiger partial charge in [-0.25, -0.2) is 4.98 Å². The maximum atomic E-state index is 5.15. The molecule has 1 aliphatic rings. The molecule has 11 rings (SSSR count). The van der Waals surface area contributed by atoms with E-state index in [9.17, 15) is 0 Å². The first-order valence-electron chi connectivity index (χ1n) is 17.1. The predicted octanol–water partition coefficient (Wildman–Crippen LogP) is 11.5. The van der Waals surface area contributed by atoms with Crippen LogP contribution < -0.4 is 5.32 Å². The SMILES string of the molecule is C1=C(c2ccc3c4ccc(-c5c6ccccc6nc6c5ccc5cccnc56)cc4c4ccccc4c3c2)c2ccc3cccnc3c2NC1. The molecule has 232 valence electrons. The molecule has 4 heterocycles. The quantitative estimate of drug-likeness (QED) is 0.152. The highest BCUT2D eigenvalue weighted by Gasteiger charge is 2.20. The molecule has 1 aliphatic heterocycles. The average molecular weight is 637 g/mol. The summed E-state index contributed by atoms with van der Waals surface area (Å²) in [5.41, 5.74) is 11.0. The van der Waals surface area contributed by atoms with E-state index in [-0.39, 0.29) is 0 Å². The number of benzene rings is 7. The number of nitrogens with zero attached hydrogens (tertiary/aromatic N) is 3. The highest BCUT2D eigenvalue weighted by atomic mass is 14.9. The second-order valence-corrected chi connectivity index (χ2v) is 13.2. The van der Waals surface area contributed by atoms with Gasteiger partial charge in [0.1, 0.15) is 0 Å². The van der Waals surface area contributed by atoms with Gasteiger partial charge in [0, 0.05) is 51.6 Å². The van der Waals surface area contributed by atoms with Crippen molar-refractivity contribution in [2.45, 2.75) is 0 Å². The number of rotatable bonds is 2. The van der Waals surface area contributed by atoms with Crippen LogP contribution in [-0.4, -0.2) is 21.5 Å². The molecule has 0 radical (unpaired) electrons. The van der Waals surface area contributed by atoms with Crippen LogP contribution in [0.3, 0.4) is 0 Å². The van der Waals surface area contributed by atoms with Crippen LogP contribution >= 0.6 is 0 Å².